The number of hydrogen-bond donors (Lipinski definition) is 2. The van der Waals surface area contributed by atoms with Gasteiger partial charge in [0.25, 0.3) is 5.91 Å². The Morgan fingerprint density at radius 3 is 2.57 bits per heavy atom. The number of halogens is 1. The largest absolute Gasteiger partial charge is 0.480 e. The SMILES string of the molecule is COc1nc(N)cc(Cl)c1C(=O)N[C@@H]1CCN(CCCCCC(=O)O[C@H]2CN3CCC2CC3)C[C@@H]1OC. The fourth-order valence-electron chi connectivity index (χ4n) is 5.74. The predicted octanol–water partition coefficient (Wildman–Crippen LogP) is 2.34. The number of rotatable bonds is 11. The fraction of sp³-hybridized carbons (Fsp3) is 0.731. The molecule has 206 valence electrons. The lowest BCUT2D eigenvalue weighted by Gasteiger charge is -2.43. The molecule has 0 spiro atoms. The van der Waals surface area contributed by atoms with Crippen LogP contribution in [0.3, 0.4) is 0 Å². The van der Waals surface area contributed by atoms with Crippen molar-refractivity contribution in [1.29, 1.82) is 0 Å². The van der Waals surface area contributed by atoms with Crippen molar-refractivity contribution in [3.05, 3.63) is 16.7 Å². The van der Waals surface area contributed by atoms with Gasteiger partial charge < -0.3 is 30.2 Å². The summed E-state index contributed by atoms with van der Waals surface area (Å²) in [4.78, 5) is 34.1. The van der Waals surface area contributed by atoms with Gasteiger partial charge in [0.2, 0.25) is 5.88 Å². The van der Waals surface area contributed by atoms with Crippen LogP contribution in [0.5, 0.6) is 5.88 Å². The van der Waals surface area contributed by atoms with E-state index in [0.29, 0.717) is 18.9 Å². The van der Waals surface area contributed by atoms with Crippen molar-refractivity contribution in [1.82, 2.24) is 20.1 Å². The first kappa shape index (κ1) is 27.9. The second-order valence-corrected chi connectivity index (χ2v) is 10.7. The first-order valence-electron chi connectivity index (χ1n) is 13.4. The summed E-state index contributed by atoms with van der Waals surface area (Å²) in [5, 5.41) is 3.23. The van der Waals surface area contributed by atoms with Crippen molar-refractivity contribution in [2.24, 2.45) is 5.92 Å². The van der Waals surface area contributed by atoms with Gasteiger partial charge in [-0.05, 0) is 63.7 Å². The van der Waals surface area contributed by atoms with E-state index in [4.69, 9.17) is 31.5 Å². The number of unbranched alkanes of at least 4 members (excludes halogenated alkanes) is 2. The fourth-order valence-corrected chi connectivity index (χ4v) is 6.02. The van der Waals surface area contributed by atoms with Crippen LogP contribution in [0.2, 0.25) is 5.02 Å². The van der Waals surface area contributed by atoms with E-state index in [-0.39, 0.29) is 52.4 Å². The standard InChI is InChI=1S/C26H40ClN5O5/c1-35-21-16-31(10-5-3-4-6-23(33)37-20-15-32-11-7-17(20)8-12-32)13-9-19(21)29-25(34)24-18(27)14-22(28)30-26(24)36-2/h14,17,19-21H,3-13,15-16H2,1-2H3,(H2,28,30)(H,29,34)/t19-,20+,21+/m1/s1. The van der Waals surface area contributed by atoms with E-state index in [1.54, 1.807) is 7.11 Å². The summed E-state index contributed by atoms with van der Waals surface area (Å²) < 4.78 is 16.7. The quantitative estimate of drug-likeness (QED) is 0.324. The van der Waals surface area contributed by atoms with Crippen LogP contribution in [0.25, 0.3) is 0 Å². The van der Waals surface area contributed by atoms with Crippen LogP contribution in [0.4, 0.5) is 5.82 Å². The topological polar surface area (TPSA) is 119 Å². The lowest BCUT2D eigenvalue weighted by molar-refractivity contribution is -0.158. The molecule has 11 heteroatoms. The minimum absolute atomic E-state index is 0.0530. The second kappa shape index (κ2) is 13.1. The van der Waals surface area contributed by atoms with Gasteiger partial charge in [-0.2, -0.15) is 4.98 Å². The van der Waals surface area contributed by atoms with Crippen LogP contribution in [-0.4, -0.2) is 98.4 Å². The summed E-state index contributed by atoms with van der Waals surface area (Å²) in [5.74, 6) is 0.425. The smallest absolute Gasteiger partial charge is 0.306 e. The van der Waals surface area contributed by atoms with Gasteiger partial charge in [0.1, 0.15) is 17.5 Å². The average Bonchev–Trinajstić information content (AvgIpc) is 2.89. The molecule has 1 aromatic rings. The highest BCUT2D eigenvalue weighted by Crippen LogP contribution is 2.30. The summed E-state index contributed by atoms with van der Waals surface area (Å²) in [6, 6.07) is 1.28. The highest BCUT2D eigenvalue weighted by atomic mass is 35.5. The number of esters is 1. The van der Waals surface area contributed by atoms with Gasteiger partial charge in [-0.3, -0.25) is 14.5 Å². The maximum Gasteiger partial charge on any atom is 0.306 e. The Labute approximate surface area is 224 Å². The zero-order chi connectivity index (χ0) is 26.4. The molecule has 3 atom stereocenters. The lowest BCUT2D eigenvalue weighted by atomic mass is 9.86. The van der Waals surface area contributed by atoms with Crippen molar-refractivity contribution in [2.45, 2.75) is 63.2 Å². The Morgan fingerprint density at radius 2 is 1.89 bits per heavy atom. The van der Waals surface area contributed by atoms with E-state index in [0.717, 1.165) is 71.2 Å². The third-order valence-electron chi connectivity index (χ3n) is 7.88. The number of nitrogen functional groups attached to an aromatic ring is 1. The molecule has 1 amide bonds. The average molecular weight is 538 g/mol. The molecule has 0 aromatic carbocycles. The minimum Gasteiger partial charge on any atom is -0.480 e. The molecular formula is C26H40ClN5O5. The molecule has 5 heterocycles. The van der Waals surface area contributed by atoms with E-state index >= 15 is 0 Å². The first-order chi connectivity index (χ1) is 17.9. The van der Waals surface area contributed by atoms with E-state index in [1.807, 2.05) is 0 Å². The molecule has 0 unspecified atom stereocenters. The van der Waals surface area contributed by atoms with Crippen LogP contribution >= 0.6 is 11.6 Å². The summed E-state index contributed by atoms with van der Waals surface area (Å²) >= 11 is 6.25. The molecule has 4 aliphatic rings. The maximum absolute atomic E-state index is 13.0. The third kappa shape index (κ3) is 7.25. The highest BCUT2D eigenvalue weighted by molar-refractivity contribution is 6.34. The van der Waals surface area contributed by atoms with Gasteiger partial charge in [-0.25, -0.2) is 0 Å². The van der Waals surface area contributed by atoms with Gasteiger partial charge in [0, 0.05) is 33.2 Å². The van der Waals surface area contributed by atoms with E-state index in [9.17, 15) is 9.59 Å². The predicted molar refractivity (Wildman–Crippen MR) is 141 cm³/mol. The first-order valence-corrected chi connectivity index (χ1v) is 13.7. The van der Waals surface area contributed by atoms with Gasteiger partial charge in [0.15, 0.2) is 0 Å². The van der Waals surface area contributed by atoms with Crippen molar-refractivity contribution in [3.63, 3.8) is 0 Å². The number of pyridine rings is 1. The summed E-state index contributed by atoms with van der Waals surface area (Å²) in [6.07, 6.45) is 6.32. The second-order valence-electron chi connectivity index (χ2n) is 10.3. The lowest BCUT2D eigenvalue weighted by Crippen LogP contribution is -2.55. The Kier molecular flexibility index (Phi) is 9.86. The molecule has 5 rings (SSSR count). The van der Waals surface area contributed by atoms with Gasteiger partial charge in [-0.15, -0.1) is 0 Å². The minimum atomic E-state index is -0.361. The molecule has 0 saturated carbocycles. The number of fused-ring (bicyclic) bond motifs is 3. The van der Waals surface area contributed by atoms with Crippen molar-refractivity contribution >= 4 is 29.3 Å². The molecule has 3 N–H and O–H groups in total. The van der Waals surface area contributed by atoms with Crippen LogP contribution in [0.15, 0.2) is 6.07 Å². The number of piperidine rings is 4. The third-order valence-corrected chi connectivity index (χ3v) is 8.17. The Balaban J connectivity index is 1.15. The number of methoxy groups -OCH3 is 2. The van der Waals surface area contributed by atoms with Crippen molar-refractivity contribution in [2.75, 3.05) is 59.2 Å². The summed E-state index contributed by atoms with van der Waals surface area (Å²) in [6.45, 7) is 5.69. The molecule has 4 fully saturated rings. The molecule has 0 aliphatic carbocycles. The summed E-state index contributed by atoms with van der Waals surface area (Å²) in [5.41, 5.74) is 5.88. The Morgan fingerprint density at radius 1 is 1.11 bits per heavy atom. The van der Waals surface area contributed by atoms with E-state index in [1.165, 1.54) is 13.2 Å². The number of carbonyl (C=O) groups is 2. The number of hydrogen-bond acceptors (Lipinski definition) is 9. The van der Waals surface area contributed by atoms with E-state index < -0.39 is 0 Å². The number of nitrogens with zero attached hydrogens (tertiary/aromatic N) is 3. The van der Waals surface area contributed by atoms with Gasteiger partial charge in [-0.1, -0.05) is 18.0 Å². The van der Waals surface area contributed by atoms with Crippen LogP contribution < -0.4 is 15.8 Å². The van der Waals surface area contributed by atoms with Crippen LogP contribution in [-0.2, 0) is 14.3 Å². The molecule has 0 radical (unpaired) electrons. The van der Waals surface area contributed by atoms with Crippen molar-refractivity contribution in [3.8, 4) is 5.88 Å². The normalized spacial score (nSPS) is 27.6. The number of likely N-dealkylation sites (tertiary alicyclic amines) is 1. The zero-order valence-electron chi connectivity index (χ0n) is 21.9. The molecule has 4 saturated heterocycles. The number of nitrogens with one attached hydrogen (secondary N) is 1. The molecule has 4 aliphatic heterocycles. The molecular weight excluding hydrogens is 498 g/mol. The highest BCUT2D eigenvalue weighted by Gasteiger charge is 2.36. The molecule has 2 bridgehead atoms. The zero-order valence-corrected chi connectivity index (χ0v) is 22.7. The van der Waals surface area contributed by atoms with E-state index in [2.05, 4.69) is 20.1 Å². The number of amides is 1. The molecule has 37 heavy (non-hydrogen) atoms. The number of carbonyl (C=O) groups excluding carboxylic acids is 2. The number of nitrogens with two attached hydrogens (primary N) is 1. The number of anilines is 1. The molecule has 1 aromatic heterocycles. The number of aromatic nitrogens is 1. The Hall–Kier alpha value is -2.14. The number of ether oxygens (including phenoxy) is 3. The summed E-state index contributed by atoms with van der Waals surface area (Å²) in [7, 11) is 3.08. The van der Waals surface area contributed by atoms with Crippen molar-refractivity contribution < 1.29 is 23.8 Å². The molecule has 10 nitrogen and oxygen atoms in total. The Bertz CT molecular complexity index is 942. The maximum atomic E-state index is 13.0. The van der Waals surface area contributed by atoms with Gasteiger partial charge in [0.05, 0.1) is 24.3 Å². The van der Waals surface area contributed by atoms with Crippen LogP contribution in [0.1, 0.15) is 55.3 Å². The van der Waals surface area contributed by atoms with Gasteiger partial charge >= 0.3 is 5.97 Å². The monoisotopic (exact) mass is 537 g/mol. The van der Waals surface area contributed by atoms with Crippen LogP contribution in [0, 0.1) is 5.92 Å².